The lowest BCUT2D eigenvalue weighted by Gasteiger charge is -1.92. The van der Waals surface area contributed by atoms with Crippen molar-refractivity contribution in [3.05, 3.63) is 77.2 Å². The van der Waals surface area contributed by atoms with Crippen LogP contribution in [0.5, 0.6) is 0 Å². The normalized spacial score (nSPS) is 11.9. The van der Waals surface area contributed by atoms with Crippen LogP contribution in [-0.2, 0) is 0 Å². The van der Waals surface area contributed by atoms with Crippen molar-refractivity contribution >= 4 is 39.4 Å². The summed E-state index contributed by atoms with van der Waals surface area (Å²) >= 11 is 3.01. The summed E-state index contributed by atoms with van der Waals surface area (Å²) in [7, 11) is 0. The van der Waals surface area contributed by atoms with E-state index < -0.39 is 0 Å². The summed E-state index contributed by atoms with van der Waals surface area (Å²) in [6, 6.07) is 20.2. The highest BCUT2D eigenvalue weighted by Crippen LogP contribution is 2.33. The van der Waals surface area contributed by atoms with E-state index >= 15 is 0 Å². The minimum absolute atomic E-state index is 0.631. The Kier molecular flexibility index (Phi) is 4.69. The number of fused-ring (bicyclic) bond motifs is 1. The summed E-state index contributed by atoms with van der Waals surface area (Å²) in [5.74, 6) is 0. The van der Waals surface area contributed by atoms with Crippen LogP contribution >= 0.6 is 23.1 Å². The number of hydrogen-bond donors (Lipinski definition) is 0. The minimum atomic E-state index is 0.631. The average molecular weight is 320 g/mol. The maximum absolute atomic E-state index is 9.26. The molecule has 3 rings (SSSR count). The van der Waals surface area contributed by atoms with Crippen LogP contribution in [0.3, 0.4) is 0 Å². The second kappa shape index (κ2) is 7.08. The van der Waals surface area contributed by atoms with Gasteiger partial charge in [0.05, 0.1) is 15.1 Å². The lowest BCUT2D eigenvalue weighted by atomic mass is 10.2. The van der Waals surface area contributed by atoms with Crippen LogP contribution < -0.4 is 0 Å². The lowest BCUT2D eigenvalue weighted by Crippen LogP contribution is -1.72. The van der Waals surface area contributed by atoms with E-state index in [1.807, 2.05) is 72.8 Å². The molecule has 0 aliphatic carbocycles. The van der Waals surface area contributed by atoms with Gasteiger partial charge in [-0.15, -0.1) is 11.3 Å². The highest BCUT2D eigenvalue weighted by atomic mass is 32.2. The first kappa shape index (κ1) is 14.6. The van der Waals surface area contributed by atoms with Gasteiger partial charge >= 0.3 is 0 Å². The average Bonchev–Trinajstić information content (AvgIpc) is 2.97. The standard InChI is InChI=1S/C18H12N2S2/c19-13-15(10-6-9-14-7-2-1-3-8-14)21-18-20-16-11-4-5-12-17(16)22-18/h1-12H/b9-6+,15-10+. The summed E-state index contributed by atoms with van der Waals surface area (Å²) < 4.78 is 2.03. The third kappa shape index (κ3) is 3.64. The quantitative estimate of drug-likeness (QED) is 0.361. The van der Waals surface area contributed by atoms with Gasteiger partial charge in [0.15, 0.2) is 4.34 Å². The predicted molar refractivity (Wildman–Crippen MR) is 94.6 cm³/mol. The number of thiazole rings is 1. The summed E-state index contributed by atoms with van der Waals surface area (Å²) in [5.41, 5.74) is 2.09. The smallest absolute Gasteiger partial charge is 0.156 e. The van der Waals surface area contributed by atoms with Crippen molar-refractivity contribution in [1.82, 2.24) is 4.98 Å². The van der Waals surface area contributed by atoms with Gasteiger partial charge < -0.3 is 0 Å². The lowest BCUT2D eigenvalue weighted by molar-refractivity contribution is 1.31. The molecule has 1 heterocycles. The number of benzene rings is 2. The third-order valence-electron chi connectivity index (χ3n) is 2.92. The molecule has 0 fully saturated rings. The van der Waals surface area contributed by atoms with Crippen LogP contribution in [0.25, 0.3) is 16.3 Å². The summed E-state index contributed by atoms with van der Waals surface area (Å²) in [6.07, 6.45) is 5.70. The molecular weight excluding hydrogens is 308 g/mol. The molecule has 22 heavy (non-hydrogen) atoms. The van der Waals surface area contributed by atoms with Crippen LogP contribution in [0.2, 0.25) is 0 Å². The molecule has 0 aliphatic rings. The molecule has 0 unspecified atom stereocenters. The van der Waals surface area contributed by atoms with E-state index in [0.29, 0.717) is 4.91 Å². The van der Waals surface area contributed by atoms with Gasteiger partial charge in [0.1, 0.15) is 6.07 Å². The van der Waals surface area contributed by atoms with Crippen LogP contribution in [0.4, 0.5) is 0 Å². The zero-order valence-electron chi connectivity index (χ0n) is 11.6. The SMILES string of the molecule is N#C/C(=C\C=C\c1ccccc1)Sc1nc2ccccc2s1. The molecule has 0 spiro atoms. The van der Waals surface area contributed by atoms with Gasteiger partial charge in [-0.25, -0.2) is 4.98 Å². The third-order valence-corrected chi connectivity index (χ3v) is 4.96. The first-order valence-corrected chi connectivity index (χ1v) is 8.35. The van der Waals surface area contributed by atoms with Crippen molar-refractivity contribution in [3.63, 3.8) is 0 Å². The number of allylic oxidation sites excluding steroid dienone is 3. The van der Waals surface area contributed by atoms with E-state index in [1.54, 1.807) is 11.3 Å². The Morgan fingerprint density at radius 3 is 2.64 bits per heavy atom. The highest BCUT2D eigenvalue weighted by Gasteiger charge is 2.06. The van der Waals surface area contributed by atoms with E-state index in [0.717, 1.165) is 20.1 Å². The van der Waals surface area contributed by atoms with Crippen molar-refractivity contribution in [2.45, 2.75) is 4.34 Å². The van der Waals surface area contributed by atoms with Gasteiger partial charge in [-0.05, 0) is 35.5 Å². The van der Waals surface area contributed by atoms with Crippen LogP contribution in [0.1, 0.15) is 5.56 Å². The molecule has 2 nitrogen and oxygen atoms in total. The van der Waals surface area contributed by atoms with Crippen LogP contribution in [-0.4, -0.2) is 4.98 Å². The topological polar surface area (TPSA) is 36.7 Å². The Hall–Kier alpha value is -2.35. The van der Waals surface area contributed by atoms with Gasteiger partial charge in [0, 0.05) is 0 Å². The number of nitrogens with zero attached hydrogens (tertiary/aromatic N) is 2. The zero-order valence-corrected chi connectivity index (χ0v) is 13.3. The second-order valence-electron chi connectivity index (χ2n) is 4.46. The van der Waals surface area contributed by atoms with E-state index in [1.165, 1.54) is 11.8 Å². The zero-order chi connectivity index (χ0) is 15.2. The van der Waals surface area contributed by atoms with E-state index in [2.05, 4.69) is 11.1 Å². The number of thioether (sulfide) groups is 1. The fourth-order valence-electron chi connectivity index (χ4n) is 1.89. The Bertz CT molecular complexity index is 838. The molecule has 0 atom stereocenters. The fraction of sp³-hybridized carbons (Fsp3) is 0. The highest BCUT2D eigenvalue weighted by molar-refractivity contribution is 8.05. The van der Waals surface area contributed by atoms with Gasteiger partial charge in [-0.3, -0.25) is 0 Å². The number of rotatable bonds is 4. The Labute approximate surface area is 137 Å². The second-order valence-corrected chi connectivity index (χ2v) is 6.78. The molecule has 0 aliphatic heterocycles. The van der Waals surface area contributed by atoms with E-state index in [-0.39, 0.29) is 0 Å². The van der Waals surface area contributed by atoms with Crippen molar-refractivity contribution in [2.24, 2.45) is 0 Å². The fourth-order valence-corrected chi connectivity index (χ4v) is 3.82. The van der Waals surface area contributed by atoms with Gasteiger partial charge in [-0.1, -0.05) is 54.6 Å². The molecule has 0 N–H and O–H groups in total. The maximum Gasteiger partial charge on any atom is 0.156 e. The number of hydrogen-bond acceptors (Lipinski definition) is 4. The Balaban J connectivity index is 1.75. The van der Waals surface area contributed by atoms with Crippen molar-refractivity contribution in [2.75, 3.05) is 0 Å². The predicted octanol–water partition coefficient (Wildman–Crippen LogP) is 5.51. The van der Waals surface area contributed by atoms with E-state index in [4.69, 9.17) is 0 Å². The molecule has 4 heteroatoms. The first-order valence-electron chi connectivity index (χ1n) is 6.72. The van der Waals surface area contributed by atoms with Crippen molar-refractivity contribution in [1.29, 1.82) is 5.26 Å². The molecular formula is C18H12N2S2. The molecule has 1 aromatic heterocycles. The largest absolute Gasteiger partial charge is 0.229 e. The van der Waals surface area contributed by atoms with Gasteiger partial charge in [-0.2, -0.15) is 5.26 Å². The summed E-state index contributed by atoms with van der Waals surface area (Å²) in [5, 5.41) is 9.26. The summed E-state index contributed by atoms with van der Waals surface area (Å²) in [4.78, 5) is 5.16. The molecule has 2 aromatic carbocycles. The molecule has 0 radical (unpaired) electrons. The van der Waals surface area contributed by atoms with Crippen LogP contribution in [0.15, 0.2) is 76.0 Å². The van der Waals surface area contributed by atoms with Gasteiger partial charge in [0.25, 0.3) is 0 Å². The molecule has 106 valence electrons. The van der Waals surface area contributed by atoms with Crippen molar-refractivity contribution < 1.29 is 0 Å². The molecule has 0 bridgehead atoms. The monoisotopic (exact) mass is 320 g/mol. The molecule has 0 saturated heterocycles. The molecule has 0 amide bonds. The Morgan fingerprint density at radius 1 is 1.09 bits per heavy atom. The summed E-state index contributed by atoms with van der Waals surface area (Å²) in [6.45, 7) is 0. The van der Waals surface area contributed by atoms with E-state index in [9.17, 15) is 5.26 Å². The number of aromatic nitrogens is 1. The van der Waals surface area contributed by atoms with Crippen LogP contribution in [0, 0.1) is 11.3 Å². The Morgan fingerprint density at radius 2 is 1.86 bits per heavy atom. The van der Waals surface area contributed by atoms with Gasteiger partial charge in [0.2, 0.25) is 0 Å². The first-order chi connectivity index (χ1) is 10.8. The molecule has 3 aromatic rings. The minimum Gasteiger partial charge on any atom is -0.229 e. The van der Waals surface area contributed by atoms with Crippen molar-refractivity contribution in [3.8, 4) is 6.07 Å². The number of nitriles is 1. The number of para-hydroxylation sites is 1. The maximum atomic E-state index is 9.26. The molecule has 0 saturated carbocycles.